The van der Waals surface area contributed by atoms with Gasteiger partial charge in [0.2, 0.25) is 0 Å². The molecule has 0 aromatic heterocycles. The summed E-state index contributed by atoms with van der Waals surface area (Å²) >= 11 is 0. The van der Waals surface area contributed by atoms with Crippen molar-refractivity contribution in [1.29, 1.82) is 0 Å². The summed E-state index contributed by atoms with van der Waals surface area (Å²) in [6.07, 6.45) is 10.1. The third-order valence-corrected chi connectivity index (χ3v) is 6.05. The number of hydrogen-bond donors (Lipinski definition) is 1. The molecule has 2 aliphatic rings. The molecule has 2 aliphatic carbocycles. The van der Waals surface area contributed by atoms with Gasteiger partial charge in [-0.2, -0.15) is 0 Å². The minimum absolute atomic E-state index is 0.598. The van der Waals surface area contributed by atoms with Gasteiger partial charge in [0.1, 0.15) is 0 Å². The Bertz CT molecular complexity index is 276. The zero-order valence-electron chi connectivity index (χ0n) is 14.5. The summed E-state index contributed by atoms with van der Waals surface area (Å²) in [5.74, 6) is 3.74. The van der Waals surface area contributed by atoms with Crippen LogP contribution < -0.4 is 5.32 Å². The lowest BCUT2D eigenvalue weighted by molar-refractivity contribution is 0.0977. The van der Waals surface area contributed by atoms with E-state index in [2.05, 4.69) is 39.9 Å². The van der Waals surface area contributed by atoms with Crippen molar-refractivity contribution in [3.8, 4) is 0 Å². The third-order valence-electron chi connectivity index (χ3n) is 6.05. The second-order valence-electron chi connectivity index (χ2n) is 8.76. The second-order valence-corrected chi connectivity index (χ2v) is 8.76. The van der Waals surface area contributed by atoms with Gasteiger partial charge in [-0.05, 0) is 80.6 Å². The molecule has 0 aromatic carbocycles. The normalized spacial score (nSPS) is 36.8. The van der Waals surface area contributed by atoms with E-state index in [4.69, 9.17) is 0 Å². The van der Waals surface area contributed by atoms with E-state index >= 15 is 0 Å². The minimum Gasteiger partial charge on any atom is -0.314 e. The highest BCUT2D eigenvalue weighted by Gasteiger charge is 2.37. The molecule has 20 heavy (non-hydrogen) atoms. The van der Waals surface area contributed by atoms with Crippen LogP contribution in [0.3, 0.4) is 0 Å². The maximum Gasteiger partial charge on any atom is 0.0124 e. The minimum atomic E-state index is 0.598. The van der Waals surface area contributed by atoms with Crippen LogP contribution in [0.1, 0.15) is 79.6 Å². The third kappa shape index (κ3) is 4.23. The van der Waals surface area contributed by atoms with Crippen LogP contribution in [-0.2, 0) is 0 Å². The van der Waals surface area contributed by atoms with E-state index in [0.29, 0.717) is 5.41 Å². The summed E-state index contributed by atoms with van der Waals surface area (Å²) in [4.78, 5) is 0. The van der Waals surface area contributed by atoms with Crippen molar-refractivity contribution in [3.63, 3.8) is 0 Å². The Morgan fingerprint density at radius 2 is 1.50 bits per heavy atom. The van der Waals surface area contributed by atoms with E-state index in [0.717, 1.165) is 36.3 Å². The van der Waals surface area contributed by atoms with Crippen molar-refractivity contribution in [2.45, 2.75) is 85.6 Å². The molecule has 0 bridgehead atoms. The standard InChI is InChI=1S/C19H37N/c1-6-20-18(16-7-9-19(4,5)10-8-16)17-12-14(2)11-15(3)13-17/h14-18,20H,6-13H2,1-5H3. The van der Waals surface area contributed by atoms with Crippen LogP contribution in [0.2, 0.25) is 0 Å². The molecule has 1 heteroatoms. The Balaban J connectivity index is 1.99. The predicted octanol–water partition coefficient (Wildman–Crippen LogP) is 5.25. The summed E-state index contributed by atoms with van der Waals surface area (Å²) in [6, 6.07) is 0.793. The molecule has 0 saturated heterocycles. The summed E-state index contributed by atoms with van der Waals surface area (Å²) in [5, 5.41) is 3.89. The van der Waals surface area contributed by atoms with E-state index in [1.807, 2.05) is 0 Å². The molecule has 1 nitrogen and oxygen atoms in total. The molecule has 0 aromatic rings. The van der Waals surface area contributed by atoms with E-state index in [1.54, 1.807) is 0 Å². The first-order valence-electron chi connectivity index (χ1n) is 9.14. The summed E-state index contributed by atoms with van der Waals surface area (Å²) in [7, 11) is 0. The van der Waals surface area contributed by atoms with Crippen molar-refractivity contribution in [2.75, 3.05) is 6.54 Å². The van der Waals surface area contributed by atoms with Gasteiger partial charge in [-0.15, -0.1) is 0 Å². The molecule has 0 amide bonds. The maximum atomic E-state index is 3.89. The van der Waals surface area contributed by atoms with Crippen LogP contribution in [0.5, 0.6) is 0 Å². The second kappa shape index (κ2) is 6.81. The van der Waals surface area contributed by atoms with Crippen LogP contribution in [0, 0.1) is 29.1 Å². The van der Waals surface area contributed by atoms with Gasteiger partial charge in [0.05, 0.1) is 0 Å². The Morgan fingerprint density at radius 1 is 0.950 bits per heavy atom. The van der Waals surface area contributed by atoms with Gasteiger partial charge in [0.25, 0.3) is 0 Å². The molecular formula is C19H37N. The zero-order chi connectivity index (χ0) is 14.8. The summed E-state index contributed by atoms with van der Waals surface area (Å²) < 4.78 is 0. The van der Waals surface area contributed by atoms with Gasteiger partial charge in [-0.3, -0.25) is 0 Å². The Morgan fingerprint density at radius 3 is 2.00 bits per heavy atom. The van der Waals surface area contributed by atoms with Crippen LogP contribution in [0.25, 0.3) is 0 Å². The lowest BCUT2D eigenvalue weighted by Crippen LogP contribution is -2.46. The van der Waals surface area contributed by atoms with Crippen LogP contribution in [-0.4, -0.2) is 12.6 Å². The van der Waals surface area contributed by atoms with Crippen molar-refractivity contribution < 1.29 is 0 Å². The molecule has 1 N–H and O–H groups in total. The lowest BCUT2D eigenvalue weighted by atomic mass is 9.65. The Labute approximate surface area is 127 Å². The van der Waals surface area contributed by atoms with E-state index in [-0.39, 0.29) is 0 Å². The molecule has 0 radical (unpaired) electrons. The highest BCUT2D eigenvalue weighted by atomic mass is 14.9. The van der Waals surface area contributed by atoms with Crippen LogP contribution in [0.4, 0.5) is 0 Å². The van der Waals surface area contributed by atoms with Gasteiger partial charge >= 0.3 is 0 Å². The number of nitrogens with one attached hydrogen (secondary N) is 1. The van der Waals surface area contributed by atoms with Crippen molar-refractivity contribution >= 4 is 0 Å². The van der Waals surface area contributed by atoms with E-state index < -0.39 is 0 Å². The SMILES string of the molecule is CCNC(C1CCC(C)(C)CC1)C1CC(C)CC(C)C1. The topological polar surface area (TPSA) is 12.0 Å². The molecule has 2 rings (SSSR count). The first-order chi connectivity index (χ1) is 9.41. The Kier molecular flexibility index (Phi) is 5.56. The van der Waals surface area contributed by atoms with Gasteiger partial charge in [-0.25, -0.2) is 0 Å². The molecule has 0 heterocycles. The first-order valence-corrected chi connectivity index (χ1v) is 9.14. The molecule has 0 aliphatic heterocycles. The molecule has 118 valence electrons. The van der Waals surface area contributed by atoms with Gasteiger partial charge in [0.15, 0.2) is 0 Å². The average Bonchev–Trinajstić information content (AvgIpc) is 2.35. The average molecular weight is 280 g/mol. The zero-order valence-corrected chi connectivity index (χ0v) is 14.5. The maximum absolute atomic E-state index is 3.89. The Hall–Kier alpha value is -0.0400. The monoisotopic (exact) mass is 279 g/mol. The number of rotatable bonds is 4. The van der Waals surface area contributed by atoms with Crippen LogP contribution >= 0.6 is 0 Å². The summed E-state index contributed by atoms with van der Waals surface area (Å²) in [6.45, 7) is 13.3. The van der Waals surface area contributed by atoms with Gasteiger partial charge < -0.3 is 5.32 Å². The largest absolute Gasteiger partial charge is 0.314 e. The fourth-order valence-electron chi connectivity index (χ4n) is 5.04. The molecule has 2 saturated carbocycles. The molecule has 2 fully saturated rings. The predicted molar refractivity (Wildman–Crippen MR) is 88.9 cm³/mol. The fraction of sp³-hybridized carbons (Fsp3) is 1.00. The summed E-state index contributed by atoms with van der Waals surface area (Å²) in [5.41, 5.74) is 0.598. The van der Waals surface area contributed by atoms with Crippen molar-refractivity contribution in [1.82, 2.24) is 5.32 Å². The van der Waals surface area contributed by atoms with Gasteiger partial charge in [0, 0.05) is 6.04 Å². The highest BCUT2D eigenvalue weighted by Crippen LogP contribution is 2.43. The molecular weight excluding hydrogens is 242 g/mol. The lowest BCUT2D eigenvalue weighted by Gasteiger charge is -2.44. The van der Waals surface area contributed by atoms with Gasteiger partial charge in [-0.1, -0.05) is 34.6 Å². The number of hydrogen-bond acceptors (Lipinski definition) is 1. The smallest absolute Gasteiger partial charge is 0.0124 e. The quantitative estimate of drug-likeness (QED) is 0.741. The van der Waals surface area contributed by atoms with Crippen molar-refractivity contribution in [2.24, 2.45) is 29.1 Å². The molecule has 3 unspecified atom stereocenters. The molecule has 3 atom stereocenters. The van der Waals surface area contributed by atoms with Crippen molar-refractivity contribution in [3.05, 3.63) is 0 Å². The van der Waals surface area contributed by atoms with Crippen LogP contribution in [0.15, 0.2) is 0 Å². The van der Waals surface area contributed by atoms with E-state index in [1.165, 1.54) is 44.9 Å². The van der Waals surface area contributed by atoms with E-state index in [9.17, 15) is 0 Å². The highest BCUT2D eigenvalue weighted by molar-refractivity contribution is 4.91. The first kappa shape index (κ1) is 16.3. The molecule has 0 spiro atoms. The fourth-order valence-corrected chi connectivity index (χ4v) is 5.04.